The first-order chi connectivity index (χ1) is 7.19. The van der Waals surface area contributed by atoms with Gasteiger partial charge in [-0.3, -0.25) is 4.57 Å². The molecule has 0 fully saturated rings. The summed E-state index contributed by atoms with van der Waals surface area (Å²) in [5.41, 5.74) is 0. The molecule has 0 radical (unpaired) electrons. The largest absolute Gasteiger partial charge is 0.319 e. The highest BCUT2D eigenvalue weighted by Gasteiger charge is 2.11. The Kier molecular flexibility index (Phi) is 4.68. The minimum Gasteiger partial charge on any atom is -0.307 e. The Morgan fingerprint density at radius 2 is 2.07 bits per heavy atom. The van der Waals surface area contributed by atoms with Crippen molar-refractivity contribution < 1.29 is 8.78 Å². The normalized spacial score (nSPS) is 11.6. The summed E-state index contributed by atoms with van der Waals surface area (Å²) in [5.74, 6) is 0.386. The molecule has 0 saturated heterocycles. The molecule has 0 aromatic carbocycles. The van der Waals surface area contributed by atoms with Crippen LogP contribution in [-0.4, -0.2) is 15.6 Å². The maximum absolute atomic E-state index is 12.4. The second-order valence-electron chi connectivity index (χ2n) is 3.42. The van der Waals surface area contributed by atoms with Gasteiger partial charge in [0.05, 0.1) is 6.54 Å². The van der Waals surface area contributed by atoms with E-state index >= 15 is 0 Å². The summed E-state index contributed by atoms with van der Waals surface area (Å²) < 4.78 is 25.8. The summed E-state index contributed by atoms with van der Waals surface area (Å²) in [7, 11) is 0. The Balaban J connectivity index is 2.53. The number of aromatic nitrogens is 2. The van der Waals surface area contributed by atoms with Crippen LogP contribution < -0.4 is 5.32 Å². The number of nitrogens with zero attached hydrogens (tertiary/aromatic N) is 2. The van der Waals surface area contributed by atoms with Crippen molar-refractivity contribution in [3.8, 4) is 0 Å². The van der Waals surface area contributed by atoms with Gasteiger partial charge in [-0.15, -0.1) is 0 Å². The fraction of sp³-hybridized carbons (Fsp3) is 0.700. The molecule has 0 amide bonds. The van der Waals surface area contributed by atoms with Gasteiger partial charge in [0.2, 0.25) is 0 Å². The highest BCUT2D eigenvalue weighted by molar-refractivity contribution is 4.92. The highest BCUT2D eigenvalue weighted by Crippen LogP contribution is 2.12. The molecule has 1 aromatic heterocycles. The summed E-state index contributed by atoms with van der Waals surface area (Å²) in [4.78, 5) is 3.90. The van der Waals surface area contributed by atoms with Crippen molar-refractivity contribution in [2.75, 3.05) is 0 Å². The number of hydrogen-bond donors (Lipinski definition) is 1. The van der Waals surface area contributed by atoms with Crippen LogP contribution in [0.3, 0.4) is 0 Å². The second-order valence-corrected chi connectivity index (χ2v) is 3.42. The summed E-state index contributed by atoms with van der Waals surface area (Å²) in [6.45, 7) is 2.02. The van der Waals surface area contributed by atoms with Gasteiger partial charge in [0.25, 0.3) is 0 Å². The molecule has 3 nitrogen and oxygen atoms in total. The third-order valence-electron chi connectivity index (χ3n) is 2.49. The van der Waals surface area contributed by atoms with Crippen molar-refractivity contribution in [2.45, 2.75) is 45.8 Å². The Bertz CT molecular complexity index is 282. The maximum Gasteiger partial charge on any atom is 0.319 e. The number of halogens is 2. The van der Waals surface area contributed by atoms with Crippen LogP contribution in [0, 0.1) is 0 Å². The van der Waals surface area contributed by atoms with Crippen LogP contribution in [0.25, 0.3) is 0 Å². The zero-order chi connectivity index (χ0) is 11.3. The topological polar surface area (TPSA) is 29.9 Å². The molecule has 0 unspecified atom stereocenters. The van der Waals surface area contributed by atoms with Crippen LogP contribution in [0.5, 0.6) is 0 Å². The molecule has 15 heavy (non-hydrogen) atoms. The lowest BCUT2D eigenvalue weighted by Gasteiger charge is -2.14. The Morgan fingerprint density at radius 1 is 1.40 bits per heavy atom. The zero-order valence-corrected chi connectivity index (χ0v) is 9.08. The van der Waals surface area contributed by atoms with E-state index < -0.39 is 6.55 Å². The predicted octanol–water partition coefficient (Wildman–Crippen LogP) is 2.56. The molecule has 1 rings (SSSR count). The van der Waals surface area contributed by atoms with Gasteiger partial charge in [-0.05, 0) is 12.8 Å². The van der Waals surface area contributed by atoms with E-state index in [4.69, 9.17) is 0 Å². The number of rotatable bonds is 6. The Hall–Kier alpha value is -0.970. The van der Waals surface area contributed by atoms with Crippen molar-refractivity contribution in [3.05, 3.63) is 18.2 Å². The first-order valence-electron chi connectivity index (χ1n) is 5.22. The molecule has 1 N–H and O–H groups in total. The van der Waals surface area contributed by atoms with E-state index in [9.17, 15) is 8.78 Å². The monoisotopic (exact) mass is 217 g/mol. The van der Waals surface area contributed by atoms with Crippen LogP contribution in [0.2, 0.25) is 0 Å². The summed E-state index contributed by atoms with van der Waals surface area (Å²) >= 11 is 0. The quantitative estimate of drug-likeness (QED) is 0.793. The smallest absolute Gasteiger partial charge is 0.307 e. The molecule has 0 atom stereocenters. The SMILES string of the molecule is CCC(CC)NCc1nccn1C(F)F. The van der Waals surface area contributed by atoms with Crippen molar-refractivity contribution in [1.29, 1.82) is 0 Å². The molecular formula is C10H17F2N3. The third-order valence-corrected chi connectivity index (χ3v) is 2.49. The minimum atomic E-state index is -2.51. The zero-order valence-electron chi connectivity index (χ0n) is 9.08. The second kappa shape index (κ2) is 5.80. The molecule has 0 aliphatic rings. The molecule has 0 aliphatic heterocycles. The maximum atomic E-state index is 12.4. The van der Waals surface area contributed by atoms with E-state index in [-0.39, 0.29) is 0 Å². The van der Waals surface area contributed by atoms with Crippen LogP contribution in [0.4, 0.5) is 8.78 Å². The lowest BCUT2D eigenvalue weighted by atomic mass is 10.2. The summed E-state index contributed by atoms with van der Waals surface area (Å²) in [5, 5.41) is 3.20. The van der Waals surface area contributed by atoms with Gasteiger partial charge in [0.1, 0.15) is 5.82 Å². The van der Waals surface area contributed by atoms with E-state index in [0.29, 0.717) is 18.4 Å². The standard InChI is InChI=1S/C10H17F2N3/c1-3-8(4-2)14-7-9-13-5-6-15(9)10(11)12/h5-6,8,10,14H,3-4,7H2,1-2H3. The van der Waals surface area contributed by atoms with E-state index in [0.717, 1.165) is 17.4 Å². The van der Waals surface area contributed by atoms with Gasteiger partial charge in [-0.2, -0.15) is 8.78 Å². The van der Waals surface area contributed by atoms with Gasteiger partial charge in [0, 0.05) is 18.4 Å². The van der Waals surface area contributed by atoms with Gasteiger partial charge in [-0.1, -0.05) is 13.8 Å². The Morgan fingerprint density at radius 3 is 2.60 bits per heavy atom. The molecule has 0 bridgehead atoms. The average molecular weight is 217 g/mol. The summed E-state index contributed by atoms with van der Waals surface area (Å²) in [6, 6.07) is 0.368. The van der Waals surface area contributed by atoms with Crippen molar-refractivity contribution in [2.24, 2.45) is 0 Å². The van der Waals surface area contributed by atoms with E-state index in [1.54, 1.807) is 0 Å². The molecule has 5 heteroatoms. The fourth-order valence-corrected chi connectivity index (χ4v) is 1.47. The van der Waals surface area contributed by atoms with E-state index in [2.05, 4.69) is 24.1 Å². The van der Waals surface area contributed by atoms with E-state index in [1.165, 1.54) is 12.4 Å². The molecule has 0 saturated carbocycles. The van der Waals surface area contributed by atoms with Crippen molar-refractivity contribution >= 4 is 0 Å². The lowest BCUT2D eigenvalue weighted by Crippen LogP contribution is -2.28. The Labute approximate surface area is 88.5 Å². The van der Waals surface area contributed by atoms with Crippen molar-refractivity contribution in [3.63, 3.8) is 0 Å². The molecule has 0 spiro atoms. The van der Waals surface area contributed by atoms with Crippen molar-refractivity contribution in [1.82, 2.24) is 14.9 Å². The first kappa shape index (κ1) is 12.1. The summed E-state index contributed by atoms with van der Waals surface area (Å²) in [6.07, 6.45) is 4.68. The van der Waals surface area contributed by atoms with Crippen LogP contribution >= 0.6 is 0 Å². The molecule has 1 aromatic rings. The first-order valence-corrected chi connectivity index (χ1v) is 5.22. The van der Waals surface area contributed by atoms with Gasteiger partial charge in [-0.25, -0.2) is 4.98 Å². The molecular weight excluding hydrogens is 200 g/mol. The van der Waals surface area contributed by atoms with E-state index in [1.807, 2.05) is 0 Å². The van der Waals surface area contributed by atoms with Crippen LogP contribution in [0.15, 0.2) is 12.4 Å². The predicted molar refractivity (Wildman–Crippen MR) is 54.7 cm³/mol. The number of imidazole rings is 1. The minimum absolute atomic E-state index is 0.368. The third kappa shape index (κ3) is 3.27. The van der Waals surface area contributed by atoms with Gasteiger partial charge >= 0.3 is 6.55 Å². The molecule has 0 aliphatic carbocycles. The van der Waals surface area contributed by atoms with Gasteiger partial charge in [0.15, 0.2) is 0 Å². The number of nitrogens with one attached hydrogen (secondary N) is 1. The lowest BCUT2D eigenvalue weighted by molar-refractivity contribution is 0.0664. The average Bonchev–Trinajstić information content (AvgIpc) is 2.67. The molecule has 1 heterocycles. The fourth-order valence-electron chi connectivity index (χ4n) is 1.47. The van der Waals surface area contributed by atoms with Crippen LogP contribution in [0.1, 0.15) is 39.1 Å². The number of hydrogen-bond acceptors (Lipinski definition) is 2. The van der Waals surface area contributed by atoms with Crippen LogP contribution in [-0.2, 0) is 6.54 Å². The highest BCUT2D eigenvalue weighted by atomic mass is 19.3. The number of alkyl halides is 2. The molecule has 86 valence electrons. The van der Waals surface area contributed by atoms with Gasteiger partial charge < -0.3 is 5.32 Å².